The van der Waals surface area contributed by atoms with Crippen molar-refractivity contribution in [3.63, 3.8) is 0 Å². The molecular weight excluding hydrogens is 298 g/mol. The monoisotopic (exact) mass is 321 g/mol. The zero-order valence-corrected chi connectivity index (χ0v) is 13.6. The summed E-state index contributed by atoms with van der Waals surface area (Å²) in [6, 6.07) is 10.6. The molecule has 0 spiro atoms. The number of sulfone groups is 1. The molecule has 2 fully saturated rings. The van der Waals surface area contributed by atoms with Crippen LogP contribution in [0.25, 0.3) is 0 Å². The largest absolute Gasteiger partial charge is 0.339 e. The number of aryl methyl sites for hydroxylation is 1. The molecule has 2 aliphatic heterocycles. The van der Waals surface area contributed by atoms with Crippen LogP contribution in [0.1, 0.15) is 31.2 Å². The van der Waals surface area contributed by atoms with E-state index in [9.17, 15) is 13.2 Å². The number of benzene rings is 1. The normalized spacial score (nSPS) is 27.2. The fourth-order valence-corrected chi connectivity index (χ4v) is 5.36. The quantitative estimate of drug-likeness (QED) is 0.853. The third-order valence-electron chi connectivity index (χ3n) is 4.85. The zero-order valence-electron chi connectivity index (χ0n) is 12.8. The van der Waals surface area contributed by atoms with Gasteiger partial charge in [-0.05, 0) is 37.7 Å². The van der Waals surface area contributed by atoms with E-state index >= 15 is 0 Å². The van der Waals surface area contributed by atoms with E-state index in [4.69, 9.17) is 0 Å². The van der Waals surface area contributed by atoms with Crippen molar-refractivity contribution in [2.24, 2.45) is 5.92 Å². The molecule has 0 aliphatic carbocycles. The molecule has 1 aromatic rings. The van der Waals surface area contributed by atoms with Gasteiger partial charge in [-0.1, -0.05) is 30.3 Å². The van der Waals surface area contributed by atoms with Crippen molar-refractivity contribution in [3.8, 4) is 0 Å². The Hall–Kier alpha value is -1.36. The smallest absolute Gasteiger partial charge is 0.226 e. The van der Waals surface area contributed by atoms with Crippen molar-refractivity contribution in [3.05, 3.63) is 35.9 Å². The van der Waals surface area contributed by atoms with E-state index in [0.717, 1.165) is 32.2 Å². The average Bonchev–Trinajstić information content (AvgIpc) is 3.11. The summed E-state index contributed by atoms with van der Waals surface area (Å²) in [7, 11) is -2.99. The van der Waals surface area contributed by atoms with Crippen LogP contribution in [0.15, 0.2) is 30.3 Å². The number of hydrogen-bond donors (Lipinski definition) is 0. The number of carbonyl (C=O) groups is 1. The fraction of sp³-hybridized carbons (Fsp3) is 0.588. The van der Waals surface area contributed by atoms with Crippen LogP contribution in [-0.4, -0.2) is 43.3 Å². The van der Waals surface area contributed by atoms with Crippen LogP contribution >= 0.6 is 0 Å². The van der Waals surface area contributed by atoms with E-state index in [2.05, 4.69) is 12.1 Å². The van der Waals surface area contributed by atoms with Gasteiger partial charge in [0.1, 0.15) is 0 Å². The van der Waals surface area contributed by atoms with Crippen LogP contribution in [0.3, 0.4) is 0 Å². The van der Waals surface area contributed by atoms with Crippen molar-refractivity contribution < 1.29 is 13.2 Å². The van der Waals surface area contributed by atoms with Gasteiger partial charge in [0.2, 0.25) is 5.91 Å². The van der Waals surface area contributed by atoms with Crippen LogP contribution in [-0.2, 0) is 21.1 Å². The molecule has 2 aliphatic rings. The van der Waals surface area contributed by atoms with Gasteiger partial charge < -0.3 is 4.90 Å². The van der Waals surface area contributed by atoms with E-state index < -0.39 is 9.84 Å². The molecule has 2 saturated heterocycles. The molecule has 0 aromatic heterocycles. The number of likely N-dealkylation sites (tertiary alicyclic amines) is 1. The molecule has 0 N–H and O–H groups in total. The molecule has 22 heavy (non-hydrogen) atoms. The minimum Gasteiger partial charge on any atom is -0.339 e. The second kappa shape index (κ2) is 6.41. The lowest BCUT2D eigenvalue weighted by atomic mass is 10.0. The van der Waals surface area contributed by atoms with Gasteiger partial charge in [0, 0.05) is 12.6 Å². The minimum atomic E-state index is -2.99. The predicted octanol–water partition coefficient (Wildman–Crippen LogP) is 2.04. The van der Waals surface area contributed by atoms with Crippen molar-refractivity contribution >= 4 is 15.7 Å². The van der Waals surface area contributed by atoms with Gasteiger partial charge in [0.25, 0.3) is 0 Å². The van der Waals surface area contributed by atoms with Gasteiger partial charge in [-0.3, -0.25) is 4.79 Å². The van der Waals surface area contributed by atoms with Crippen LogP contribution < -0.4 is 0 Å². The summed E-state index contributed by atoms with van der Waals surface area (Å²) in [6.07, 6.45) is 4.51. The fourth-order valence-electron chi connectivity index (χ4n) is 3.63. The van der Waals surface area contributed by atoms with E-state index in [1.807, 2.05) is 23.1 Å². The Labute approximate surface area is 132 Å². The highest BCUT2D eigenvalue weighted by atomic mass is 32.2. The zero-order chi connectivity index (χ0) is 15.6. The molecule has 1 amide bonds. The Balaban J connectivity index is 1.59. The van der Waals surface area contributed by atoms with Gasteiger partial charge in [-0.15, -0.1) is 0 Å². The summed E-state index contributed by atoms with van der Waals surface area (Å²) < 4.78 is 23.2. The van der Waals surface area contributed by atoms with E-state index in [-0.39, 0.29) is 29.4 Å². The lowest BCUT2D eigenvalue weighted by molar-refractivity contribution is -0.135. The Bertz CT molecular complexity index is 627. The van der Waals surface area contributed by atoms with Crippen molar-refractivity contribution in [1.82, 2.24) is 4.90 Å². The topological polar surface area (TPSA) is 54.5 Å². The van der Waals surface area contributed by atoms with Gasteiger partial charge in [-0.25, -0.2) is 8.42 Å². The third kappa shape index (κ3) is 3.51. The number of carbonyl (C=O) groups excluding carboxylic acids is 1. The van der Waals surface area contributed by atoms with Gasteiger partial charge >= 0.3 is 0 Å². The summed E-state index contributed by atoms with van der Waals surface area (Å²) in [5, 5.41) is 0. The summed E-state index contributed by atoms with van der Waals surface area (Å²) >= 11 is 0. The highest BCUT2D eigenvalue weighted by Gasteiger charge is 2.38. The Morgan fingerprint density at radius 2 is 1.95 bits per heavy atom. The van der Waals surface area contributed by atoms with E-state index in [1.54, 1.807) is 0 Å². The van der Waals surface area contributed by atoms with E-state index in [1.165, 1.54) is 5.56 Å². The first-order chi connectivity index (χ1) is 10.6. The summed E-state index contributed by atoms with van der Waals surface area (Å²) in [5.74, 6) is -0.0152. The van der Waals surface area contributed by atoms with Crippen LogP contribution in [0.5, 0.6) is 0 Å². The van der Waals surface area contributed by atoms with Crippen molar-refractivity contribution in [2.75, 3.05) is 18.1 Å². The van der Waals surface area contributed by atoms with Gasteiger partial charge in [0.15, 0.2) is 9.84 Å². The summed E-state index contributed by atoms with van der Waals surface area (Å²) in [4.78, 5) is 14.6. The molecule has 120 valence electrons. The highest BCUT2D eigenvalue weighted by molar-refractivity contribution is 7.91. The van der Waals surface area contributed by atoms with Crippen molar-refractivity contribution in [1.29, 1.82) is 0 Å². The van der Waals surface area contributed by atoms with Gasteiger partial charge in [0.05, 0.1) is 17.4 Å². The Morgan fingerprint density at radius 3 is 2.64 bits per heavy atom. The maximum absolute atomic E-state index is 12.6. The first-order valence-electron chi connectivity index (χ1n) is 8.10. The SMILES string of the molecule is O=C([C@@H]1CCS(=O)(=O)C1)N1CCC[C@@H]1CCc1ccccc1. The molecule has 1 aromatic carbocycles. The predicted molar refractivity (Wildman–Crippen MR) is 86.3 cm³/mol. The standard InChI is InChI=1S/C17H23NO3S/c19-17(15-10-12-22(20,21)13-15)18-11-4-7-16(18)9-8-14-5-2-1-3-6-14/h1-3,5-6,15-16H,4,7-13H2/t15-,16-/m1/s1. The number of hydrogen-bond acceptors (Lipinski definition) is 3. The van der Waals surface area contributed by atoms with Crippen LogP contribution in [0.2, 0.25) is 0 Å². The van der Waals surface area contributed by atoms with Crippen LogP contribution in [0.4, 0.5) is 0 Å². The molecule has 0 unspecified atom stereocenters. The first-order valence-corrected chi connectivity index (χ1v) is 9.92. The molecule has 0 radical (unpaired) electrons. The second-order valence-electron chi connectivity index (χ2n) is 6.45. The molecule has 3 rings (SSSR count). The third-order valence-corrected chi connectivity index (χ3v) is 6.62. The number of amides is 1. The maximum atomic E-state index is 12.6. The molecule has 0 saturated carbocycles. The lowest BCUT2D eigenvalue weighted by Gasteiger charge is -2.27. The maximum Gasteiger partial charge on any atom is 0.226 e. The summed E-state index contributed by atoms with van der Waals surface area (Å²) in [6.45, 7) is 0.787. The molecule has 2 heterocycles. The Kier molecular flexibility index (Phi) is 4.52. The van der Waals surface area contributed by atoms with Crippen molar-refractivity contribution in [2.45, 2.75) is 38.1 Å². The molecule has 4 nitrogen and oxygen atoms in total. The molecule has 2 atom stereocenters. The van der Waals surface area contributed by atoms with Gasteiger partial charge in [-0.2, -0.15) is 0 Å². The first kappa shape index (κ1) is 15.5. The summed E-state index contributed by atoms with van der Waals surface area (Å²) in [5.41, 5.74) is 1.30. The van der Waals surface area contributed by atoms with E-state index in [0.29, 0.717) is 6.42 Å². The molecular formula is C17H23NO3S. The molecule has 0 bridgehead atoms. The van der Waals surface area contributed by atoms with Crippen LogP contribution in [0, 0.1) is 5.92 Å². The number of rotatable bonds is 4. The highest BCUT2D eigenvalue weighted by Crippen LogP contribution is 2.27. The molecule has 5 heteroatoms. The Morgan fingerprint density at radius 1 is 1.18 bits per heavy atom. The average molecular weight is 321 g/mol. The number of nitrogens with zero attached hydrogens (tertiary/aromatic N) is 1. The lowest BCUT2D eigenvalue weighted by Crippen LogP contribution is -2.40. The second-order valence-corrected chi connectivity index (χ2v) is 8.68. The minimum absolute atomic E-state index is 0.0493.